The molecule has 0 unspecified atom stereocenters. The highest BCUT2D eigenvalue weighted by molar-refractivity contribution is 5.77. The van der Waals surface area contributed by atoms with E-state index in [1.54, 1.807) is 6.20 Å². The Bertz CT molecular complexity index is 719. The number of benzene rings is 1. The fraction of sp³-hybridized carbons (Fsp3) is 0.250. The first-order valence-electron chi connectivity index (χ1n) is 7.02. The highest BCUT2D eigenvalue weighted by atomic mass is 16.5. The van der Waals surface area contributed by atoms with Crippen molar-refractivity contribution in [3.63, 3.8) is 0 Å². The zero-order valence-electron chi connectivity index (χ0n) is 12.1. The molecule has 0 amide bonds. The van der Waals surface area contributed by atoms with Crippen LogP contribution in [-0.4, -0.2) is 28.2 Å². The molecule has 108 valence electrons. The Morgan fingerprint density at radius 2 is 1.95 bits per heavy atom. The third-order valence-corrected chi connectivity index (χ3v) is 3.08. The molecule has 5 heteroatoms. The summed E-state index contributed by atoms with van der Waals surface area (Å²) in [6.07, 6.45) is 1.73. The van der Waals surface area contributed by atoms with Gasteiger partial charge in [0.15, 0.2) is 5.65 Å². The molecule has 0 fully saturated rings. The van der Waals surface area contributed by atoms with Crippen LogP contribution in [0.15, 0.2) is 36.5 Å². The lowest BCUT2D eigenvalue weighted by Gasteiger charge is -2.11. The zero-order chi connectivity index (χ0) is 14.7. The number of rotatable bonds is 5. The largest absolute Gasteiger partial charge is 0.494 e. The highest BCUT2D eigenvalue weighted by Gasteiger charge is 2.12. The molecular formula is C16H17N3O2. The van der Waals surface area contributed by atoms with E-state index in [1.165, 1.54) is 0 Å². The molecule has 1 N–H and O–H groups in total. The van der Waals surface area contributed by atoms with Gasteiger partial charge in [0.2, 0.25) is 0 Å². The lowest BCUT2D eigenvalue weighted by atomic mass is 10.2. The van der Waals surface area contributed by atoms with Gasteiger partial charge in [-0.2, -0.15) is 0 Å². The number of aromatic nitrogens is 3. The van der Waals surface area contributed by atoms with Crippen molar-refractivity contribution < 1.29 is 9.47 Å². The van der Waals surface area contributed by atoms with Crippen molar-refractivity contribution in [2.45, 2.75) is 13.8 Å². The van der Waals surface area contributed by atoms with Crippen molar-refractivity contribution in [1.82, 2.24) is 15.0 Å². The van der Waals surface area contributed by atoms with Gasteiger partial charge in [0, 0.05) is 12.3 Å². The van der Waals surface area contributed by atoms with Crippen LogP contribution < -0.4 is 9.47 Å². The highest BCUT2D eigenvalue weighted by Crippen LogP contribution is 2.32. The maximum atomic E-state index is 5.71. The molecule has 3 aromatic rings. The molecule has 3 rings (SSSR count). The van der Waals surface area contributed by atoms with Gasteiger partial charge < -0.3 is 14.5 Å². The Hall–Kier alpha value is -2.56. The van der Waals surface area contributed by atoms with Gasteiger partial charge in [-0.3, -0.25) is 0 Å². The molecular weight excluding hydrogens is 266 g/mol. The number of imidazole rings is 1. The van der Waals surface area contributed by atoms with Crippen LogP contribution in [0.1, 0.15) is 13.8 Å². The number of nitrogens with zero attached hydrogens (tertiary/aromatic N) is 2. The number of ether oxygens (including phenoxy) is 2. The van der Waals surface area contributed by atoms with E-state index in [9.17, 15) is 0 Å². The molecule has 5 nitrogen and oxygen atoms in total. The molecule has 0 saturated heterocycles. The van der Waals surface area contributed by atoms with E-state index >= 15 is 0 Å². The average Bonchev–Trinajstić information content (AvgIpc) is 2.92. The topological polar surface area (TPSA) is 60.0 Å². The minimum absolute atomic E-state index is 0.584. The van der Waals surface area contributed by atoms with Crippen molar-refractivity contribution in [2.24, 2.45) is 0 Å². The monoisotopic (exact) mass is 283 g/mol. The Morgan fingerprint density at radius 3 is 2.71 bits per heavy atom. The number of pyridine rings is 1. The fourth-order valence-electron chi connectivity index (χ4n) is 2.20. The summed E-state index contributed by atoms with van der Waals surface area (Å²) >= 11 is 0. The molecule has 2 aromatic heterocycles. The maximum absolute atomic E-state index is 5.71. The first kappa shape index (κ1) is 13.4. The Morgan fingerprint density at radius 1 is 1.10 bits per heavy atom. The number of fused-ring (bicyclic) bond motifs is 1. The van der Waals surface area contributed by atoms with Crippen LogP contribution in [0.3, 0.4) is 0 Å². The van der Waals surface area contributed by atoms with Gasteiger partial charge in [-0.25, -0.2) is 9.97 Å². The average molecular weight is 283 g/mol. The molecule has 0 spiro atoms. The second kappa shape index (κ2) is 5.83. The minimum atomic E-state index is 0.584. The number of hydrogen-bond donors (Lipinski definition) is 1. The van der Waals surface area contributed by atoms with Crippen molar-refractivity contribution in [1.29, 1.82) is 0 Å². The van der Waals surface area contributed by atoms with Gasteiger partial charge in [-0.15, -0.1) is 0 Å². The molecule has 1 aromatic carbocycles. The van der Waals surface area contributed by atoms with E-state index in [2.05, 4.69) is 15.0 Å². The van der Waals surface area contributed by atoms with Crippen molar-refractivity contribution in [3.05, 3.63) is 36.5 Å². The van der Waals surface area contributed by atoms with Crippen LogP contribution in [0.5, 0.6) is 11.5 Å². The molecule has 0 aliphatic carbocycles. The zero-order valence-corrected chi connectivity index (χ0v) is 12.1. The van der Waals surface area contributed by atoms with Gasteiger partial charge in [0.25, 0.3) is 0 Å². The van der Waals surface area contributed by atoms with Crippen LogP contribution >= 0.6 is 0 Å². The van der Waals surface area contributed by atoms with Crippen LogP contribution in [0.4, 0.5) is 0 Å². The van der Waals surface area contributed by atoms with Gasteiger partial charge in [0.05, 0.1) is 24.3 Å². The van der Waals surface area contributed by atoms with E-state index < -0.39 is 0 Å². The maximum Gasteiger partial charge on any atom is 0.178 e. The molecule has 0 atom stereocenters. The Kier molecular flexibility index (Phi) is 3.73. The van der Waals surface area contributed by atoms with Crippen LogP contribution in [0.2, 0.25) is 0 Å². The Labute approximate surface area is 123 Å². The van der Waals surface area contributed by atoms with E-state index in [0.717, 1.165) is 28.4 Å². The summed E-state index contributed by atoms with van der Waals surface area (Å²) in [5, 5.41) is 0. The summed E-state index contributed by atoms with van der Waals surface area (Å²) in [4.78, 5) is 12.0. The van der Waals surface area contributed by atoms with E-state index in [4.69, 9.17) is 9.47 Å². The minimum Gasteiger partial charge on any atom is -0.494 e. The van der Waals surface area contributed by atoms with Crippen molar-refractivity contribution in [2.75, 3.05) is 13.2 Å². The predicted molar refractivity (Wildman–Crippen MR) is 81.7 cm³/mol. The molecule has 0 bridgehead atoms. The molecule has 0 saturated carbocycles. The number of H-pyrrole nitrogens is 1. The number of hydrogen-bond acceptors (Lipinski definition) is 4. The van der Waals surface area contributed by atoms with Gasteiger partial charge in [0.1, 0.15) is 17.3 Å². The standard InChI is InChI=1S/C16H17N3O2/c1-3-20-11-7-8-12(14(10-11)21-4-2)15-18-13-6-5-9-17-16(13)19-15/h5-10H,3-4H2,1-2H3,(H,17,18,19). The van der Waals surface area contributed by atoms with Crippen LogP contribution in [0, 0.1) is 0 Å². The summed E-state index contributed by atoms with van der Waals surface area (Å²) in [6.45, 7) is 5.12. The first-order chi connectivity index (χ1) is 10.3. The molecule has 0 radical (unpaired) electrons. The smallest absolute Gasteiger partial charge is 0.178 e. The summed E-state index contributed by atoms with van der Waals surface area (Å²) in [7, 11) is 0. The van der Waals surface area contributed by atoms with E-state index in [1.807, 2.05) is 44.2 Å². The summed E-state index contributed by atoms with van der Waals surface area (Å²) in [5.41, 5.74) is 2.51. The lowest BCUT2D eigenvalue weighted by molar-refractivity contribution is 0.324. The van der Waals surface area contributed by atoms with Crippen LogP contribution in [-0.2, 0) is 0 Å². The van der Waals surface area contributed by atoms with Gasteiger partial charge in [-0.1, -0.05) is 0 Å². The van der Waals surface area contributed by atoms with Gasteiger partial charge >= 0.3 is 0 Å². The molecule has 2 heterocycles. The normalized spacial score (nSPS) is 10.8. The predicted octanol–water partition coefficient (Wildman–Crippen LogP) is 3.42. The number of aromatic amines is 1. The number of nitrogens with one attached hydrogen (secondary N) is 1. The van der Waals surface area contributed by atoms with Crippen molar-refractivity contribution >= 4 is 11.2 Å². The SMILES string of the molecule is CCOc1ccc(-c2nc3ncccc3[nH]2)c(OCC)c1. The summed E-state index contributed by atoms with van der Waals surface area (Å²) < 4.78 is 11.2. The quantitative estimate of drug-likeness (QED) is 0.779. The third kappa shape index (κ3) is 2.67. The third-order valence-electron chi connectivity index (χ3n) is 3.08. The summed E-state index contributed by atoms with van der Waals surface area (Å²) in [5.74, 6) is 2.29. The lowest BCUT2D eigenvalue weighted by Crippen LogP contribution is -1.97. The van der Waals surface area contributed by atoms with E-state index in [0.29, 0.717) is 18.9 Å². The molecule has 21 heavy (non-hydrogen) atoms. The summed E-state index contributed by atoms with van der Waals surface area (Å²) in [6, 6.07) is 9.60. The van der Waals surface area contributed by atoms with E-state index in [-0.39, 0.29) is 0 Å². The molecule has 0 aliphatic rings. The Balaban J connectivity index is 2.07. The second-order valence-corrected chi connectivity index (χ2v) is 4.48. The van der Waals surface area contributed by atoms with Gasteiger partial charge in [-0.05, 0) is 38.1 Å². The molecule has 0 aliphatic heterocycles. The first-order valence-corrected chi connectivity index (χ1v) is 7.02. The fourth-order valence-corrected chi connectivity index (χ4v) is 2.20. The second-order valence-electron chi connectivity index (χ2n) is 4.48. The van der Waals surface area contributed by atoms with Crippen molar-refractivity contribution in [3.8, 4) is 22.9 Å². The van der Waals surface area contributed by atoms with Crippen LogP contribution in [0.25, 0.3) is 22.6 Å².